The highest BCUT2D eigenvalue weighted by atomic mass is 31.2. The molecule has 0 aliphatic rings. The van der Waals surface area contributed by atoms with Crippen molar-refractivity contribution < 1.29 is 24.6 Å². The molecule has 0 aliphatic carbocycles. The second-order valence-corrected chi connectivity index (χ2v) is 2.76. The monoisotopic (exact) mass is 141 g/mol. The minimum absolute atomic E-state index is 1.04. The van der Waals surface area contributed by atoms with E-state index in [4.69, 9.17) is 19.8 Å². The van der Waals surface area contributed by atoms with Gasteiger partial charge in [-0.1, -0.05) is 0 Å². The second kappa shape index (κ2) is 2.48. The Kier molecular flexibility index (Phi) is 2.46. The van der Waals surface area contributed by atoms with E-state index in [2.05, 4.69) is 0 Å². The molecule has 48 valence electrons. The van der Waals surface area contributed by atoms with Gasteiger partial charge >= 0.3 is 13.5 Å². The summed E-state index contributed by atoms with van der Waals surface area (Å²) in [5.74, 6) is 0. The summed E-state index contributed by atoms with van der Waals surface area (Å²) in [6, 6.07) is 0. The predicted octanol–water partition coefficient (Wildman–Crippen LogP) is -1.76. The number of hydrogen-bond donors (Lipinski definition) is 4. The summed E-state index contributed by atoms with van der Waals surface area (Å²) in [7, 11) is -4.40. The molecule has 8 heavy (non-hydrogen) atoms. The molecule has 0 spiro atoms. The average molecular weight is 141 g/mol. The maximum atomic E-state index is 9.88. The first kappa shape index (κ1) is 7.94. The zero-order valence-corrected chi connectivity index (χ0v) is 4.75. The maximum absolute atomic E-state index is 9.88. The SMILES string of the molecule is O=C(CO)[P+](O)(O)O. The lowest BCUT2D eigenvalue weighted by molar-refractivity contribution is -0.116. The Labute approximate surface area is 45.8 Å². The van der Waals surface area contributed by atoms with Gasteiger partial charge in [0.05, 0.1) is 0 Å². The zero-order chi connectivity index (χ0) is 6.78. The van der Waals surface area contributed by atoms with E-state index in [1.165, 1.54) is 0 Å². The van der Waals surface area contributed by atoms with Crippen LogP contribution in [-0.2, 0) is 4.79 Å². The number of rotatable bonds is 2. The van der Waals surface area contributed by atoms with Gasteiger partial charge in [0.25, 0.3) is 0 Å². The van der Waals surface area contributed by atoms with Crippen molar-refractivity contribution in [1.82, 2.24) is 0 Å². The van der Waals surface area contributed by atoms with Gasteiger partial charge in [-0.3, -0.25) is 0 Å². The van der Waals surface area contributed by atoms with Crippen LogP contribution >= 0.6 is 7.94 Å². The lowest BCUT2D eigenvalue weighted by Crippen LogP contribution is -2.08. The molecule has 0 radical (unpaired) electrons. The highest BCUT2D eigenvalue weighted by Gasteiger charge is 2.41. The molecule has 0 saturated heterocycles. The normalized spacial score (nSPS) is 11.5. The van der Waals surface area contributed by atoms with E-state index in [1.54, 1.807) is 0 Å². The molecule has 0 aromatic carbocycles. The Morgan fingerprint density at radius 3 is 1.75 bits per heavy atom. The molecule has 0 aliphatic heterocycles. The number of hydrogen-bond acceptors (Lipinski definition) is 5. The van der Waals surface area contributed by atoms with Crippen molar-refractivity contribution in [1.29, 1.82) is 0 Å². The van der Waals surface area contributed by atoms with Gasteiger partial charge in [-0.15, -0.1) is 0 Å². The van der Waals surface area contributed by atoms with Gasteiger partial charge in [0.1, 0.15) is 6.61 Å². The van der Waals surface area contributed by atoms with Gasteiger partial charge in [-0.05, 0) is 0 Å². The second-order valence-electron chi connectivity index (χ2n) is 1.12. The highest BCUT2D eigenvalue weighted by molar-refractivity contribution is 7.76. The van der Waals surface area contributed by atoms with Gasteiger partial charge in [0.2, 0.25) is 0 Å². The number of carbonyl (C=O) groups excluding carboxylic acids is 1. The summed E-state index contributed by atoms with van der Waals surface area (Å²) in [6.07, 6.45) is 0. The fourth-order valence-electron chi connectivity index (χ4n) is 0.0949. The third kappa shape index (κ3) is 2.30. The zero-order valence-electron chi connectivity index (χ0n) is 3.85. The first-order valence-corrected chi connectivity index (χ1v) is 3.34. The standard InChI is InChI=1S/C2H6O5P/c3-1-2(4)8(5,6)7/h3,5-7H,1H2/q+1. The lowest BCUT2D eigenvalue weighted by atomic mass is 10.8. The predicted molar refractivity (Wildman–Crippen MR) is 25.7 cm³/mol. The fraction of sp³-hybridized carbons (Fsp3) is 0.500. The Morgan fingerprint density at radius 1 is 1.38 bits per heavy atom. The van der Waals surface area contributed by atoms with Crippen LogP contribution in [0.5, 0.6) is 0 Å². The van der Waals surface area contributed by atoms with Crippen molar-refractivity contribution in [2.75, 3.05) is 6.61 Å². The maximum Gasteiger partial charge on any atom is 0.481 e. The summed E-state index contributed by atoms with van der Waals surface area (Å²) in [4.78, 5) is 33.9. The fourth-order valence-corrected chi connectivity index (χ4v) is 0.285. The van der Waals surface area contributed by atoms with Crippen LogP contribution in [0.15, 0.2) is 0 Å². The smallest absolute Gasteiger partial charge is 0.384 e. The molecular weight excluding hydrogens is 135 g/mol. The molecule has 0 aromatic rings. The van der Waals surface area contributed by atoms with Gasteiger partial charge in [-0.2, -0.15) is 14.7 Å². The number of aliphatic hydroxyl groups excluding tert-OH is 1. The number of aliphatic hydroxyl groups is 1. The van der Waals surface area contributed by atoms with Crippen LogP contribution in [0.2, 0.25) is 0 Å². The molecular formula is C2H6O5P+. The molecule has 4 N–H and O–H groups in total. The topological polar surface area (TPSA) is 98.0 Å². The Bertz CT molecular complexity index is 93.1. The summed E-state index contributed by atoms with van der Waals surface area (Å²) >= 11 is 0. The van der Waals surface area contributed by atoms with E-state index in [1.807, 2.05) is 0 Å². The summed E-state index contributed by atoms with van der Waals surface area (Å²) < 4.78 is 0. The molecule has 0 atom stereocenters. The molecule has 0 rings (SSSR count). The van der Waals surface area contributed by atoms with Crippen LogP contribution in [0.1, 0.15) is 0 Å². The van der Waals surface area contributed by atoms with Crippen LogP contribution in [0.3, 0.4) is 0 Å². The van der Waals surface area contributed by atoms with Crippen molar-refractivity contribution in [3.63, 3.8) is 0 Å². The molecule has 0 fully saturated rings. The first-order chi connectivity index (χ1) is 3.48. The third-order valence-corrected chi connectivity index (χ3v) is 1.28. The van der Waals surface area contributed by atoms with E-state index in [0.29, 0.717) is 0 Å². The Balaban J connectivity index is 3.82. The van der Waals surface area contributed by atoms with E-state index in [-0.39, 0.29) is 0 Å². The van der Waals surface area contributed by atoms with E-state index >= 15 is 0 Å². The summed E-state index contributed by atoms with van der Waals surface area (Å²) in [6.45, 7) is -1.04. The number of carbonyl (C=O) groups is 1. The molecule has 6 heteroatoms. The summed E-state index contributed by atoms with van der Waals surface area (Å²) in [5, 5.41) is 7.87. The van der Waals surface area contributed by atoms with E-state index < -0.39 is 20.1 Å². The van der Waals surface area contributed by atoms with Crippen molar-refractivity contribution in [3.8, 4) is 0 Å². The minimum Gasteiger partial charge on any atom is -0.384 e. The van der Waals surface area contributed by atoms with Crippen LogP contribution < -0.4 is 0 Å². The highest BCUT2D eigenvalue weighted by Crippen LogP contribution is 2.44. The third-order valence-electron chi connectivity index (χ3n) is 0.470. The molecule has 0 saturated carbocycles. The van der Waals surface area contributed by atoms with Gasteiger partial charge < -0.3 is 5.11 Å². The van der Waals surface area contributed by atoms with Crippen LogP contribution in [0, 0.1) is 0 Å². The van der Waals surface area contributed by atoms with Gasteiger partial charge in [0.15, 0.2) is 0 Å². The summed E-state index contributed by atoms with van der Waals surface area (Å²) in [5.41, 5.74) is -1.34. The van der Waals surface area contributed by atoms with Gasteiger partial charge in [0, 0.05) is 0 Å². The van der Waals surface area contributed by atoms with Crippen LogP contribution in [0.25, 0.3) is 0 Å². The first-order valence-electron chi connectivity index (χ1n) is 1.70. The quantitative estimate of drug-likeness (QED) is 0.341. The van der Waals surface area contributed by atoms with E-state index in [9.17, 15) is 4.79 Å². The molecule has 0 amide bonds. The lowest BCUT2D eigenvalue weighted by Gasteiger charge is -1.95. The van der Waals surface area contributed by atoms with E-state index in [0.717, 1.165) is 0 Å². The molecule has 0 aromatic heterocycles. The largest absolute Gasteiger partial charge is 0.481 e. The molecule has 0 heterocycles. The Morgan fingerprint density at radius 2 is 1.75 bits per heavy atom. The molecule has 0 bridgehead atoms. The molecule has 0 unspecified atom stereocenters. The van der Waals surface area contributed by atoms with Crippen molar-refractivity contribution in [3.05, 3.63) is 0 Å². The van der Waals surface area contributed by atoms with Crippen LogP contribution in [-0.4, -0.2) is 31.9 Å². The Hall–Kier alpha value is -0.0600. The van der Waals surface area contributed by atoms with Gasteiger partial charge in [-0.25, -0.2) is 4.79 Å². The van der Waals surface area contributed by atoms with Crippen molar-refractivity contribution in [2.45, 2.75) is 0 Å². The van der Waals surface area contributed by atoms with Crippen molar-refractivity contribution in [2.24, 2.45) is 0 Å². The molecule has 5 nitrogen and oxygen atoms in total. The minimum atomic E-state index is -4.40. The van der Waals surface area contributed by atoms with Crippen molar-refractivity contribution >= 4 is 13.5 Å². The van der Waals surface area contributed by atoms with Crippen LogP contribution in [0.4, 0.5) is 0 Å². The average Bonchev–Trinajstić information content (AvgIpc) is 1.62.